The van der Waals surface area contributed by atoms with Crippen molar-refractivity contribution in [3.63, 3.8) is 0 Å². The van der Waals surface area contributed by atoms with Crippen LogP contribution in [0.2, 0.25) is 0 Å². The lowest BCUT2D eigenvalue weighted by Gasteiger charge is -2.10. The Morgan fingerprint density at radius 3 is 2.76 bits per heavy atom. The van der Waals surface area contributed by atoms with Crippen LogP contribution in [0.1, 0.15) is 47.4 Å². The molecule has 1 heterocycles. The predicted molar refractivity (Wildman–Crippen MR) is 69.2 cm³/mol. The maximum absolute atomic E-state index is 5.59. The van der Waals surface area contributed by atoms with E-state index in [1.807, 2.05) is 18.4 Å². The standard InChI is InChI=1S/C13H20N2OS/c1-8-11(7-14-10-5-6-10)17-13(15-8)12(16-2)9-3-4-9/h9-10,12,14H,3-7H2,1-2H3. The highest BCUT2D eigenvalue weighted by atomic mass is 32.1. The molecular weight excluding hydrogens is 232 g/mol. The quantitative estimate of drug-likeness (QED) is 0.845. The van der Waals surface area contributed by atoms with E-state index in [0.717, 1.165) is 18.5 Å². The minimum Gasteiger partial charge on any atom is -0.374 e. The van der Waals surface area contributed by atoms with Gasteiger partial charge in [-0.2, -0.15) is 0 Å². The van der Waals surface area contributed by atoms with Crippen LogP contribution in [0.3, 0.4) is 0 Å². The largest absolute Gasteiger partial charge is 0.374 e. The molecule has 4 heteroatoms. The van der Waals surface area contributed by atoms with E-state index in [9.17, 15) is 0 Å². The summed E-state index contributed by atoms with van der Waals surface area (Å²) in [5, 5.41) is 4.74. The van der Waals surface area contributed by atoms with Crippen molar-refractivity contribution >= 4 is 11.3 Å². The summed E-state index contributed by atoms with van der Waals surface area (Å²) in [5.41, 5.74) is 1.18. The second kappa shape index (κ2) is 4.67. The van der Waals surface area contributed by atoms with Gasteiger partial charge in [-0.25, -0.2) is 4.98 Å². The molecule has 94 valence electrons. The summed E-state index contributed by atoms with van der Waals surface area (Å²) in [6.07, 6.45) is 5.52. The van der Waals surface area contributed by atoms with Gasteiger partial charge in [0.1, 0.15) is 11.1 Å². The lowest BCUT2D eigenvalue weighted by Crippen LogP contribution is -2.14. The maximum Gasteiger partial charge on any atom is 0.122 e. The van der Waals surface area contributed by atoms with Crippen LogP contribution < -0.4 is 5.32 Å². The second-order valence-corrected chi connectivity index (χ2v) is 6.32. The fourth-order valence-electron chi connectivity index (χ4n) is 2.15. The molecule has 0 saturated heterocycles. The molecule has 0 spiro atoms. The number of ether oxygens (including phenoxy) is 1. The molecule has 17 heavy (non-hydrogen) atoms. The fourth-order valence-corrected chi connectivity index (χ4v) is 3.34. The molecule has 0 bridgehead atoms. The van der Waals surface area contributed by atoms with Crippen LogP contribution in [0.25, 0.3) is 0 Å². The van der Waals surface area contributed by atoms with Gasteiger partial charge in [-0.3, -0.25) is 0 Å². The first-order valence-corrected chi connectivity index (χ1v) is 7.32. The third kappa shape index (κ3) is 2.69. The van der Waals surface area contributed by atoms with Crippen molar-refractivity contribution in [1.29, 1.82) is 0 Å². The Kier molecular flexibility index (Phi) is 3.19. The number of thiazole rings is 1. The van der Waals surface area contributed by atoms with Crippen molar-refractivity contribution in [2.24, 2.45) is 5.92 Å². The Bertz CT molecular complexity index is 396. The van der Waals surface area contributed by atoms with E-state index in [1.165, 1.54) is 41.3 Å². The minimum absolute atomic E-state index is 0.244. The van der Waals surface area contributed by atoms with E-state index in [0.29, 0.717) is 0 Å². The van der Waals surface area contributed by atoms with Gasteiger partial charge in [0.05, 0.1) is 5.69 Å². The van der Waals surface area contributed by atoms with Crippen LogP contribution in [-0.4, -0.2) is 18.1 Å². The van der Waals surface area contributed by atoms with Gasteiger partial charge >= 0.3 is 0 Å². The molecule has 2 aliphatic carbocycles. The average Bonchev–Trinajstić information content (AvgIpc) is 3.19. The molecule has 1 unspecified atom stereocenters. The van der Waals surface area contributed by atoms with Gasteiger partial charge in [-0.15, -0.1) is 11.3 Å². The molecule has 1 N–H and O–H groups in total. The Morgan fingerprint density at radius 2 is 2.18 bits per heavy atom. The van der Waals surface area contributed by atoms with Gasteiger partial charge in [0, 0.05) is 24.6 Å². The summed E-state index contributed by atoms with van der Waals surface area (Å²) in [5.74, 6) is 0.717. The van der Waals surface area contributed by atoms with E-state index in [1.54, 1.807) is 0 Å². The molecule has 0 aliphatic heterocycles. The van der Waals surface area contributed by atoms with Crippen LogP contribution >= 0.6 is 11.3 Å². The van der Waals surface area contributed by atoms with Crippen LogP contribution in [0.15, 0.2) is 0 Å². The van der Waals surface area contributed by atoms with Gasteiger partial charge in [-0.05, 0) is 38.5 Å². The normalized spacial score (nSPS) is 21.8. The predicted octanol–water partition coefficient (Wildman–Crippen LogP) is 2.80. The van der Waals surface area contributed by atoms with E-state index in [2.05, 4.69) is 12.2 Å². The van der Waals surface area contributed by atoms with Crippen molar-refractivity contribution in [3.05, 3.63) is 15.6 Å². The second-order valence-electron chi connectivity index (χ2n) is 5.21. The number of hydrogen-bond acceptors (Lipinski definition) is 4. The number of nitrogens with zero attached hydrogens (tertiary/aromatic N) is 1. The molecule has 2 fully saturated rings. The number of hydrogen-bond donors (Lipinski definition) is 1. The van der Waals surface area contributed by atoms with Crippen LogP contribution in [-0.2, 0) is 11.3 Å². The summed E-state index contributed by atoms with van der Waals surface area (Å²) in [6, 6.07) is 0.765. The smallest absolute Gasteiger partial charge is 0.122 e. The maximum atomic E-state index is 5.59. The Balaban J connectivity index is 1.69. The van der Waals surface area contributed by atoms with Crippen LogP contribution in [0.4, 0.5) is 0 Å². The third-order valence-corrected chi connectivity index (χ3v) is 4.80. The number of aryl methyl sites for hydroxylation is 1. The van der Waals surface area contributed by atoms with E-state index < -0.39 is 0 Å². The van der Waals surface area contributed by atoms with E-state index in [4.69, 9.17) is 9.72 Å². The van der Waals surface area contributed by atoms with E-state index >= 15 is 0 Å². The summed E-state index contributed by atoms with van der Waals surface area (Å²) >= 11 is 1.83. The molecule has 0 radical (unpaired) electrons. The molecule has 3 rings (SSSR count). The fraction of sp³-hybridized carbons (Fsp3) is 0.769. The van der Waals surface area contributed by atoms with Crippen molar-refractivity contribution < 1.29 is 4.74 Å². The summed E-state index contributed by atoms with van der Waals surface area (Å²) in [4.78, 5) is 6.08. The van der Waals surface area contributed by atoms with Crippen LogP contribution in [0, 0.1) is 12.8 Å². The highest BCUT2D eigenvalue weighted by Crippen LogP contribution is 2.44. The number of aromatic nitrogens is 1. The zero-order chi connectivity index (χ0) is 11.8. The molecule has 1 aromatic heterocycles. The average molecular weight is 252 g/mol. The molecule has 3 nitrogen and oxygen atoms in total. The number of rotatable bonds is 6. The number of methoxy groups -OCH3 is 1. The van der Waals surface area contributed by atoms with Crippen molar-refractivity contribution in [1.82, 2.24) is 10.3 Å². The summed E-state index contributed by atoms with van der Waals surface area (Å²) in [7, 11) is 1.81. The van der Waals surface area contributed by atoms with Crippen LogP contribution in [0.5, 0.6) is 0 Å². The van der Waals surface area contributed by atoms with E-state index in [-0.39, 0.29) is 6.10 Å². The van der Waals surface area contributed by atoms with Gasteiger partial charge in [-0.1, -0.05) is 0 Å². The summed E-state index contributed by atoms with van der Waals surface area (Å²) < 4.78 is 5.59. The zero-order valence-electron chi connectivity index (χ0n) is 10.5. The van der Waals surface area contributed by atoms with Gasteiger partial charge in [0.15, 0.2) is 0 Å². The lowest BCUT2D eigenvalue weighted by molar-refractivity contribution is 0.0843. The first-order valence-electron chi connectivity index (χ1n) is 6.50. The highest BCUT2D eigenvalue weighted by Gasteiger charge is 2.34. The van der Waals surface area contributed by atoms with Crippen molar-refractivity contribution in [2.45, 2.75) is 51.3 Å². The number of nitrogens with one attached hydrogen (secondary N) is 1. The van der Waals surface area contributed by atoms with Gasteiger partial charge in [0.2, 0.25) is 0 Å². The van der Waals surface area contributed by atoms with Crippen molar-refractivity contribution in [3.8, 4) is 0 Å². The highest BCUT2D eigenvalue weighted by molar-refractivity contribution is 7.11. The topological polar surface area (TPSA) is 34.1 Å². The molecule has 1 aromatic rings. The third-order valence-electron chi connectivity index (χ3n) is 3.59. The molecule has 0 amide bonds. The molecular formula is C13H20N2OS. The van der Waals surface area contributed by atoms with Crippen molar-refractivity contribution in [2.75, 3.05) is 7.11 Å². The first-order chi connectivity index (χ1) is 8.28. The summed E-state index contributed by atoms with van der Waals surface area (Å²) in [6.45, 7) is 3.10. The zero-order valence-corrected chi connectivity index (χ0v) is 11.3. The minimum atomic E-state index is 0.244. The molecule has 0 aromatic carbocycles. The molecule has 2 saturated carbocycles. The Labute approximate surface area is 107 Å². The van der Waals surface area contributed by atoms with Gasteiger partial charge < -0.3 is 10.1 Å². The Morgan fingerprint density at radius 1 is 1.41 bits per heavy atom. The molecule has 1 atom stereocenters. The SMILES string of the molecule is COC(c1nc(C)c(CNC2CC2)s1)C1CC1. The van der Waals surface area contributed by atoms with Gasteiger partial charge in [0.25, 0.3) is 0 Å². The first kappa shape index (κ1) is 11.6. The monoisotopic (exact) mass is 252 g/mol. The Hall–Kier alpha value is -0.450. The molecule has 2 aliphatic rings. The lowest BCUT2D eigenvalue weighted by atomic mass is 10.2.